The van der Waals surface area contributed by atoms with E-state index < -0.39 is 0 Å². The normalized spacial score (nSPS) is 10.7. The maximum Gasteiger partial charge on any atom is 0.0314 e. The van der Waals surface area contributed by atoms with Crippen LogP contribution in [0.5, 0.6) is 0 Å². The summed E-state index contributed by atoms with van der Waals surface area (Å²) in [5.74, 6) is 0. The van der Waals surface area contributed by atoms with Gasteiger partial charge in [0.1, 0.15) is 0 Å². The van der Waals surface area contributed by atoms with Crippen molar-refractivity contribution in [3.8, 4) is 22.3 Å². The highest BCUT2D eigenvalue weighted by atomic mass is 14.5. The molecule has 0 amide bonds. The Labute approximate surface area is 137 Å². The molecule has 2 nitrogen and oxygen atoms in total. The fourth-order valence-corrected chi connectivity index (χ4v) is 3.06. The molecule has 0 fully saturated rings. The second-order valence-corrected chi connectivity index (χ2v) is 5.87. The largest absolute Gasteiger partial charge is 0.399 e. The summed E-state index contributed by atoms with van der Waals surface area (Å²) in [5.41, 5.74) is 20.8. The maximum atomic E-state index is 5.85. The van der Waals surface area contributed by atoms with Gasteiger partial charge in [-0.05, 0) is 71.0 Å². The summed E-state index contributed by atoms with van der Waals surface area (Å²) >= 11 is 0. The van der Waals surface area contributed by atoms with Crippen molar-refractivity contribution in [1.82, 2.24) is 0 Å². The average molecular weight is 302 g/mol. The summed E-state index contributed by atoms with van der Waals surface area (Å²) in [6.07, 6.45) is 1.02. The van der Waals surface area contributed by atoms with E-state index in [-0.39, 0.29) is 0 Å². The van der Waals surface area contributed by atoms with E-state index in [9.17, 15) is 0 Å². The van der Waals surface area contributed by atoms with Crippen LogP contribution in [0.3, 0.4) is 0 Å². The molecule has 3 rings (SSSR count). The van der Waals surface area contributed by atoms with Gasteiger partial charge in [-0.3, -0.25) is 0 Å². The van der Waals surface area contributed by atoms with E-state index >= 15 is 0 Å². The number of benzene rings is 3. The molecule has 3 aromatic rings. The summed E-state index contributed by atoms with van der Waals surface area (Å²) in [5, 5.41) is 0. The van der Waals surface area contributed by atoms with Gasteiger partial charge < -0.3 is 11.5 Å². The van der Waals surface area contributed by atoms with E-state index in [1.54, 1.807) is 0 Å². The molecule has 2 heteroatoms. The van der Waals surface area contributed by atoms with Crippen LogP contribution in [0.15, 0.2) is 60.7 Å². The standard InChI is InChI=1S/C21H22N2/c1-3-15-8-13-20(16-4-9-18(22)10-5-16)21(14(15)2)17-6-11-19(23)12-7-17/h4-13H,3,22-23H2,1-2H3. The van der Waals surface area contributed by atoms with Crippen molar-refractivity contribution in [1.29, 1.82) is 0 Å². The fraction of sp³-hybridized carbons (Fsp3) is 0.143. The van der Waals surface area contributed by atoms with Gasteiger partial charge in [-0.1, -0.05) is 43.3 Å². The van der Waals surface area contributed by atoms with Gasteiger partial charge in [0.15, 0.2) is 0 Å². The predicted octanol–water partition coefficient (Wildman–Crippen LogP) is 5.06. The molecule has 0 heterocycles. The predicted molar refractivity (Wildman–Crippen MR) is 100 cm³/mol. The molecule has 0 aliphatic heterocycles. The van der Waals surface area contributed by atoms with Gasteiger partial charge in [-0.2, -0.15) is 0 Å². The van der Waals surface area contributed by atoms with Crippen LogP contribution in [0.25, 0.3) is 22.3 Å². The summed E-state index contributed by atoms with van der Waals surface area (Å²) in [6, 6.07) is 20.6. The van der Waals surface area contributed by atoms with Crippen LogP contribution in [-0.2, 0) is 6.42 Å². The Morgan fingerprint density at radius 2 is 1.22 bits per heavy atom. The first kappa shape index (κ1) is 15.2. The van der Waals surface area contributed by atoms with Crippen LogP contribution in [0.2, 0.25) is 0 Å². The zero-order chi connectivity index (χ0) is 16.4. The highest BCUT2D eigenvalue weighted by Gasteiger charge is 2.13. The molecular weight excluding hydrogens is 280 g/mol. The smallest absolute Gasteiger partial charge is 0.0314 e. The molecule has 23 heavy (non-hydrogen) atoms. The van der Waals surface area contributed by atoms with Gasteiger partial charge in [0.05, 0.1) is 0 Å². The molecule has 4 N–H and O–H groups in total. The first-order valence-corrected chi connectivity index (χ1v) is 7.94. The number of nitrogens with two attached hydrogens (primary N) is 2. The average Bonchev–Trinajstić information content (AvgIpc) is 2.56. The van der Waals surface area contributed by atoms with Crippen molar-refractivity contribution >= 4 is 11.4 Å². The van der Waals surface area contributed by atoms with Crippen LogP contribution < -0.4 is 11.5 Å². The number of nitrogen functional groups attached to an aromatic ring is 2. The Morgan fingerprint density at radius 3 is 1.74 bits per heavy atom. The van der Waals surface area contributed by atoms with Gasteiger partial charge in [0, 0.05) is 11.4 Å². The van der Waals surface area contributed by atoms with E-state index in [0.29, 0.717) is 0 Å². The molecule has 0 bridgehead atoms. The van der Waals surface area contributed by atoms with Crippen molar-refractivity contribution in [3.63, 3.8) is 0 Å². The third kappa shape index (κ3) is 2.93. The Bertz CT molecular complexity index is 816. The van der Waals surface area contributed by atoms with Gasteiger partial charge in [-0.15, -0.1) is 0 Å². The molecule has 3 aromatic carbocycles. The second kappa shape index (κ2) is 6.17. The zero-order valence-corrected chi connectivity index (χ0v) is 13.6. The van der Waals surface area contributed by atoms with E-state index in [2.05, 4.69) is 50.2 Å². The quantitative estimate of drug-likeness (QED) is 0.665. The lowest BCUT2D eigenvalue weighted by Gasteiger charge is -2.17. The van der Waals surface area contributed by atoms with E-state index in [0.717, 1.165) is 17.8 Å². The van der Waals surface area contributed by atoms with Gasteiger partial charge in [0.25, 0.3) is 0 Å². The summed E-state index contributed by atoms with van der Waals surface area (Å²) in [6.45, 7) is 4.39. The van der Waals surface area contributed by atoms with Crippen LogP contribution in [-0.4, -0.2) is 0 Å². The number of anilines is 2. The Balaban J connectivity index is 2.25. The minimum atomic E-state index is 0.782. The number of aryl methyl sites for hydroxylation is 1. The van der Waals surface area contributed by atoms with Crippen LogP contribution in [0.1, 0.15) is 18.1 Å². The van der Waals surface area contributed by atoms with Crippen LogP contribution in [0, 0.1) is 6.92 Å². The monoisotopic (exact) mass is 302 g/mol. The lowest BCUT2D eigenvalue weighted by Crippen LogP contribution is -1.95. The van der Waals surface area contributed by atoms with E-state index in [1.165, 1.54) is 33.4 Å². The Kier molecular flexibility index (Phi) is 4.07. The van der Waals surface area contributed by atoms with Gasteiger partial charge >= 0.3 is 0 Å². The van der Waals surface area contributed by atoms with Crippen molar-refractivity contribution in [2.75, 3.05) is 11.5 Å². The lowest BCUT2D eigenvalue weighted by molar-refractivity contribution is 1.11. The number of rotatable bonds is 3. The van der Waals surface area contributed by atoms with Crippen LogP contribution >= 0.6 is 0 Å². The molecule has 0 aliphatic carbocycles. The molecule has 0 saturated heterocycles. The van der Waals surface area contributed by atoms with Gasteiger partial charge in [0.2, 0.25) is 0 Å². The Morgan fingerprint density at radius 1 is 0.696 bits per heavy atom. The van der Waals surface area contributed by atoms with Crippen LogP contribution in [0.4, 0.5) is 11.4 Å². The Hall–Kier alpha value is -2.74. The van der Waals surface area contributed by atoms with E-state index in [4.69, 9.17) is 11.5 Å². The molecule has 0 aromatic heterocycles. The van der Waals surface area contributed by atoms with Gasteiger partial charge in [-0.25, -0.2) is 0 Å². The highest BCUT2D eigenvalue weighted by Crippen LogP contribution is 2.37. The van der Waals surface area contributed by atoms with Crippen molar-refractivity contribution in [2.24, 2.45) is 0 Å². The molecule has 0 spiro atoms. The van der Waals surface area contributed by atoms with Crippen molar-refractivity contribution in [3.05, 3.63) is 71.8 Å². The third-order valence-corrected chi connectivity index (χ3v) is 4.38. The highest BCUT2D eigenvalue weighted by molar-refractivity contribution is 5.87. The summed E-state index contributed by atoms with van der Waals surface area (Å²) in [7, 11) is 0. The SMILES string of the molecule is CCc1ccc(-c2ccc(N)cc2)c(-c2ccc(N)cc2)c1C. The zero-order valence-electron chi connectivity index (χ0n) is 13.6. The molecule has 116 valence electrons. The van der Waals surface area contributed by atoms with Crippen molar-refractivity contribution in [2.45, 2.75) is 20.3 Å². The summed E-state index contributed by atoms with van der Waals surface area (Å²) < 4.78 is 0. The molecule has 0 aliphatic rings. The minimum Gasteiger partial charge on any atom is -0.399 e. The van der Waals surface area contributed by atoms with Crippen molar-refractivity contribution < 1.29 is 0 Å². The number of hydrogen-bond acceptors (Lipinski definition) is 2. The molecular formula is C21H22N2. The fourth-order valence-electron chi connectivity index (χ4n) is 3.06. The first-order valence-electron chi connectivity index (χ1n) is 7.94. The first-order chi connectivity index (χ1) is 11.1. The maximum absolute atomic E-state index is 5.85. The second-order valence-electron chi connectivity index (χ2n) is 5.87. The molecule has 0 unspecified atom stereocenters. The summed E-state index contributed by atoms with van der Waals surface area (Å²) in [4.78, 5) is 0. The topological polar surface area (TPSA) is 52.0 Å². The lowest BCUT2D eigenvalue weighted by atomic mass is 9.87. The molecule has 0 atom stereocenters. The minimum absolute atomic E-state index is 0.782. The number of hydrogen-bond donors (Lipinski definition) is 2. The molecule has 0 radical (unpaired) electrons. The third-order valence-electron chi connectivity index (χ3n) is 4.38. The van der Waals surface area contributed by atoms with E-state index in [1.807, 2.05) is 24.3 Å². The molecule has 0 saturated carbocycles.